The monoisotopic (exact) mass is 232 g/mol. The summed E-state index contributed by atoms with van der Waals surface area (Å²) in [4.78, 5) is 0. The molecule has 1 atom stereocenters. The minimum Gasteiger partial charge on any atom is -0.401 e. The maximum absolute atomic E-state index is 5.46. The van der Waals surface area contributed by atoms with Crippen LogP contribution >= 0.6 is 0 Å². The lowest BCUT2D eigenvalue weighted by Gasteiger charge is -2.31. The molecule has 15 heavy (non-hydrogen) atoms. The fourth-order valence-corrected chi connectivity index (χ4v) is 3.13. The zero-order chi connectivity index (χ0) is 11.9. The molecule has 0 aliphatic rings. The van der Waals surface area contributed by atoms with Crippen LogP contribution in [0.5, 0.6) is 0 Å². The Hall–Kier alpha value is -0.663. The maximum Gasteiger partial charge on any atom is 0.522 e. The Labute approximate surface area is 92.3 Å². The molecule has 0 aliphatic heterocycles. The summed E-state index contributed by atoms with van der Waals surface area (Å²) in [7, 11) is 1.91. The Morgan fingerprint density at radius 3 is 2.13 bits per heavy atom. The van der Waals surface area contributed by atoms with Gasteiger partial charge in [0, 0.05) is 33.6 Å². The summed E-state index contributed by atoms with van der Waals surface area (Å²) in [6, 6.07) is 0. The third-order valence-electron chi connectivity index (χ3n) is 2.02. The molecular formula is C9H20N2O3Si. The second-order valence-corrected chi connectivity index (χ2v) is 6.02. The highest BCUT2D eigenvalue weighted by Crippen LogP contribution is 2.12. The van der Waals surface area contributed by atoms with Crippen LogP contribution < -0.4 is 11.1 Å². The predicted molar refractivity (Wildman–Crippen MR) is 62.1 cm³/mol. The molecule has 0 aromatic carbocycles. The van der Waals surface area contributed by atoms with E-state index >= 15 is 0 Å². The quantitative estimate of drug-likeness (QED) is 0.456. The van der Waals surface area contributed by atoms with Crippen molar-refractivity contribution in [3.63, 3.8) is 0 Å². The summed E-state index contributed by atoms with van der Waals surface area (Å²) in [5.41, 5.74) is 5.79. The zero-order valence-electron chi connectivity index (χ0n) is 9.58. The van der Waals surface area contributed by atoms with Gasteiger partial charge in [-0.2, -0.15) is 0 Å². The molecule has 0 radical (unpaired) electrons. The van der Waals surface area contributed by atoms with Crippen LogP contribution in [-0.4, -0.2) is 42.3 Å². The van der Waals surface area contributed by atoms with E-state index in [0.29, 0.717) is 12.2 Å². The number of nitrogens with one attached hydrogen (secondary N) is 1. The molecule has 0 saturated carbocycles. The van der Waals surface area contributed by atoms with E-state index in [1.54, 1.807) is 27.4 Å². The average Bonchev–Trinajstić information content (AvgIpc) is 2.24. The Balaban J connectivity index is 4.58. The van der Waals surface area contributed by atoms with Crippen molar-refractivity contribution in [2.75, 3.05) is 27.9 Å². The first-order valence-corrected chi connectivity index (χ1v) is 6.31. The van der Waals surface area contributed by atoms with E-state index in [-0.39, 0.29) is 5.67 Å². The van der Waals surface area contributed by atoms with E-state index in [1.807, 2.05) is 0 Å². The van der Waals surface area contributed by atoms with Gasteiger partial charge in [-0.25, -0.2) is 0 Å². The summed E-state index contributed by atoms with van der Waals surface area (Å²) in [5, 5.41) is 3.11. The molecule has 1 unspecified atom stereocenters. The molecule has 0 spiro atoms. The van der Waals surface area contributed by atoms with E-state index in [9.17, 15) is 0 Å². The van der Waals surface area contributed by atoms with Crippen molar-refractivity contribution in [2.45, 2.75) is 5.67 Å². The lowest BCUT2D eigenvalue weighted by molar-refractivity contribution is 0.114. The third-order valence-corrected chi connectivity index (χ3v) is 4.93. The van der Waals surface area contributed by atoms with E-state index < -0.39 is 8.80 Å². The standard InChI is InChI=1S/C9H20N2O3Si/c1-6-9(11-7-8(2)10)15(12-3,13-4)14-5/h6,9,11H,1-2,7,10H2,3-5H3. The average molecular weight is 232 g/mol. The first-order valence-electron chi connectivity index (χ1n) is 4.51. The largest absolute Gasteiger partial charge is 0.522 e. The maximum atomic E-state index is 5.46. The minimum absolute atomic E-state index is 0.210. The van der Waals surface area contributed by atoms with Crippen LogP contribution in [0.2, 0.25) is 0 Å². The van der Waals surface area contributed by atoms with Crippen LogP contribution in [0.25, 0.3) is 0 Å². The van der Waals surface area contributed by atoms with Crippen molar-refractivity contribution in [3.8, 4) is 0 Å². The molecule has 6 heteroatoms. The summed E-state index contributed by atoms with van der Waals surface area (Å²) in [6.45, 7) is 7.77. The van der Waals surface area contributed by atoms with Crippen molar-refractivity contribution in [1.82, 2.24) is 5.32 Å². The molecule has 0 amide bonds. The molecule has 0 fully saturated rings. The van der Waals surface area contributed by atoms with E-state index in [1.165, 1.54) is 0 Å². The summed E-state index contributed by atoms with van der Waals surface area (Å²) in [5.74, 6) is 0. The van der Waals surface area contributed by atoms with Crippen molar-refractivity contribution >= 4 is 8.80 Å². The number of hydrogen-bond donors (Lipinski definition) is 2. The molecule has 0 aliphatic carbocycles. The van der Waals surface area contributed by atoms with Gasteiger partial charge in [0.15, 0.2) is 0 Å². The van der Waals surface area contributed by atoms with Gasteiger partial charge in [-0.05, 0) is 0 Å². The molecule has 0 bridgehead atoms. The van der Waals surface area contributed by atoms with Gasteiger partial charge in [0.1, 0.15) is 0 Å². The summed E-state index contributed by atoms with van der Waals surface area (Å²) < 4.78 is 15.9. The normalized spacial score (nSPS) is 13.5. The Kier molecular flexibility index (Phi) is 6.45. The van der Waals surface area contributed by atoms with Crippen LogP contribution in [0.1, 0.15) is 0 Å². The van der Waals surface area contributed by atoms with Crippen LogP contribution in [0.15, 0.2) is 24.9 Å². The second-order valence-electron chi connectivity index (χ2n) is 2.97. The molecule has 3 N–H and O–H groups in total. The summed E-state index contributed by atoms with van der Waals surface area (Å²) >= 11 is 0. The van der Waals surface area contributed by atoms with Crippen LogP contribution in [0.3, 0.4) is 0 Å². The highest BCUT2D eigenvalue weighted by molar-refractivity contribution is 6.63. The first kappa shape index (κ1) is 14.3. The highest BCUT2D eigenvalue weighted by atomic mass is 28.4. The van der Waals surface area contributed by atoms with Gasteiger partial charge >= 0.3 is 8.80 Å². The van der Waals surface area contributed by atoms with E-state index in [2.05, 4.69) is 18.5 Å². The first-order chi connectivity index (χ1) is 7.06. The van der Waals surface area contributed by atoms with E-state index in [4.69, 9.17) is 19.0 Å². The number of hydrogen-bond acceptors (Lipinski definition) is 5. The van der Waals surface area contributed by atoms with Crippen LogP contribution in [0, 0.1) is 0 Å². The van der Waals surface area contributed by atoms with Gasteiger partial charge < -0.3 is 24.3 Å². The lowest BCUT2D eigenvalue weighted by atomic mass is 10.5. The Morgan fingerprint density at radius 1 is 1.40 bits per heavy atom. The third kappa shape index (κ3) is 3.77. The van der Waals surface area contributed by atoms with Crippen molar-refractivity contribution < 1.29 is 13.3 Å². The van der Waals surface area contributed by atoms with Gasteiger partial charge in [0.2, 0.25) is 0 Å². The van der Waals surface area contributed by atoms with Crippen LogP contribution in [-0.2, 0) is 13.3 Å². The topological polar surface area (TPSA) is 65.7 Å². The summed E-state index contributed by atoms with van der Waals surface area (Å²) in [6.07, 6.45) is 1.69. The molecule has 0 aromatic rings. The van der Waals surface area contributed by atoms with E-state index in [0.717, 1.165) is 0 Å². The fraction of sp³-hybridized carbons (Fsp3) is 0.556. The van der Waals surface area contributed by atoms with Gasteiger partial charge in [-0.15, -0.1) is 6.58 Å². The zero-order valence-corrected chi connectivity index (χ0v) is 10.6. The van der Waals surface area contributed by atoms with Crippen molar-refractivity contribution in [1.29, 1.82) is 0 Å². The molecule has 0 aromatic heterocycles. The van der Waals surface area contributed by atoms with Gasteiger partial charge in [-0.3, -0.25) is 0 Å². The molecule has 5 nitrogen and oxygen atoms in total. The smallest absolute Gasteiger partial charge is 0.401 e. The molecule has 0 rings (SSSR count). The number of nitrogens with two attached hydrogens (primary N) is 1. The predicted octanol–water partition coefficient (Wildman–Crippen LogP) is 0.0203. The molecule has 88 valence electrons. The van der Waals surface area contributed by atoms with Crippen molar-refractivity contribution in [3.05, 3.63) is 24.9 Å². The van der Waals surface area contributed by atoms with Crippen molar-refractivity contribution in [2.24, 2.45) is 5.73 Å². The highest BCUT2D eigenvalue weighted by Gasteiger charge is 2.45. The second kappa shape index (κ2) is 6.75. The van der Waals surface area contributed by atoms with Gasteiger partial charge in [0.25, 0.3) is 0 Å². The number of rotatable bonds is 8. The SMILES string of the molecule is C=CC(NCC(=C)N)[Si](OC)(OC)OC. The van der Waals surface area contributed by atoms with Gasteiger partial charge in [-0.1, -0.05) is 12.7 Å². The van der Waals surface area contributed by atoms with Crippen LogP contribution in [0.4, 0.5) is 0 Å². The Bertz CT molecular complexity index is 211. The fourth-order valence-electron chi connectivity index (χ4n) is 1.22. The minimum atomic E-state index is -2.74. The molecular weight excluding hydrogens is 212 g/mol. The molecule has 0 saturated heterocycles. The lowest BCUT2D eigenvalue weighted by Crippen LogP contribution is -2.59. The Morgan fingerprint density at radius 2 is 1.87 bits per heavy atom. The molecule has 0 heterocycles. The van der Waals surface area contributed by atoms with Gasteiger partial charge in [0.05, 0.1) is 5.67 Å².